The minimum absolute atomic E-state index is 0.0605. The topological polar surface area (TPSA) is 99.1 Å². The van der Waals surface area contributed by atoms with Crippen LogP contribution in [0.25, 0.3) is 0 Å². The highest BCUT2D eigenvalue weighted by atomic mass is 16.6. The number of carbonyl (C=O) groups excluding carboxylic acids is 3. The van der Waals surface area contributed by atoms with Crippen molar-refractivity contribution in [1.82, 2.24) is 0 Å². The van der Waals surface area contributed by atoms with Crippen LogP contribution in [0.15, 0.2) is 36.4 Å². The molecule has 0 spiro atoms. The zero-order valence-corrected chi connectivity index (χ0v) is 11.3. The fourth-order valence-corrected chi connectivity index (χ4v) is 1.21. The van der Waals surface area contributed by atoms with E-state index in [2.05, 4.69) is 9.47 Å². The number of hydrogen-bond donors (Lipinski definition) is 1. The standard InChI is InChI=1S/C14H14O7/c1-2-19-12(16)6-7-13(17)20-9-14(18)21-11-5-3-4-10(15)8-11/h3-8,15H,2,9H2,1H3/b7-6-. The first kappa shape index (κ1) is 16.2. The molecule has 0 aliphatic carbocycles. The Morgan fingerprint density at radius 1 is 1.14 bits per heavy atom. The molecule has 0 aliphatic heterocycles. The van der Waals surface area contributed by atoms with Gasteiger partial charge in [-0.1, -0.05) is 6.07 Å². The zero-order chi connectivity index (χ0) is 15.7. The average Bonchev–Trinajstić information content (AvgIpc) is 2.43. The van der Waals surface area contributed by atoms with Crippen LogP contribution >= 0.6 is 0 Å². The van der Waals surface area contributed by atoms with Crippen molar-refractivity contribution in [3.8, 4) is 11.5 Å². The minimum Gasteiger partial charge on any atom is -0.508 e. The van der Waals surface area contributed by atoms with Crippen molar-refractivity contribution in [2.45, 2.75) is 6.92 Å². The summed E-state index contributed by atoms with van der Waals surface area (Å²) in [6.07, 6.45) is 1.74. The quantitative estimate of drug-likeness (QED) is 0.474. The van der Waals surface area contributed by atoms with E-state index in [1.165, 1.54) is 24.3 Å². The lowest BCUT2D eigenvalue weighted by atomic mass is 10.3. The number of carbonyl (C=O) groups is 3. The summed E-state index contributed by atoms with van der Waals surface area (Å²) in [5.41, 5.74) is 0. The third kappa shape index (κ3) is 6.76. The molecule has 1 N–H and O–H groups in total. The number of phenolic OH excluding ortho intramolecular Hbond substituents is 1. The molecule has 0 saturated carbocycles. The fraction of sp³-hybridized carbons (Fsp3) is 0.214. The molecule has 0 aliphatic rings. The largest absolute Gasteiger partial charge is 0.508 e. The van der Waals surface area contributed by atoms with Gasteiger partial charge >= 0.3 is 17.9 Å². The lowest BCUT2D eigenvalue weighted by Crippen LogP contribution is -2.18. The number of ether oxygens (including phenoxy) is 3. The Kier molecular flexibility index (Phi) is 6.46. The Labute approximate surface area is 120 Å². The third-order valence-corrected chi connectivity index (χ3v) is 2.02. The van der Waals surface area contributed by atoms with E-state index in [1.807, 2.05) is 0 Å². The number of hydrogen-bond acceptors (Lipinski definition) is 7. The molecule has 0 fully saturated rings. The summed E-state index contributed by atoms with van der Waals surface area (Å²) in [6, 6.07) is 5.60. The SMILES string of the molecule is CCOC(=O)/C=C\C(=O)OCC(=O)Oc1cccc(O)c1. The lowest BCUT2D eigenvalue weighted by molar-refractivity contribution is -0.150. The Hall–Kier alpha value is -2.83. The molecule has 0 amide bonds. The number of aromatic hydroxyl groups is 1. The average molecular weight is 294 g/mol. The van der Waals surface area contributed by atoms with Crippen LogP contribution < -0.4 is 4.74 Å². The maximum absolute atomic E-state index is 11.4. The second kappa shape index (κ2) is 8.36. The van der Waals surface area contributed by atoms with Gasteiger partial charge in [0, 0.05) is 18.2 Å². The van der Waals surface area contributed by atoms with Crippen molar-refractivity contribution in [2.75, 3.05) is 13.2 Å². The van der Waals surface area contributed by atoms with Crippen LogP contribution in [-0.4, -0.2) is 36.2 Å². The first-order valence-electron chi connectivity index (χ1n) is 6.02. The van der Waals surface area contributed by atoms with E-state index >= 15 is 0 Å². The van der Waals surface area contributed by atoms with Crippen molar-refractivity contribution in [3.05, 3.63) is 36.4 Å². The number of rotatable bonds is 6. The van der Waals surface area contributed by atoms with Crippen molar-refractivity contribution in [3.63, 3.8) is 0 Å². The van der Waals surface area contributed by atoms with Crippen molar-refractivity contribution >= 4 is 17.9 Å². The summed E-state index contributed by atoms with van der Waals surface area (Å²) in [7, 11) is 0. The molecule has 0 unspecified atom stereocenters. The van der Waals surface area contributed by atoms with Gasteiger partial charge in [-0.25, -0.2) is 14.4 Å². The van der Waals surface area contributed by atoms with Gasteiger partial charge in [0.2, 0.25) is 0 Å². The number of esters is 3. The minimum atomic E-state index is -0.879. The van der Waals surface area contributed by atoms with Gasteiger partial charge in [0.05, 0.1) is 6.61 Å². The summed E-state index contributed by atoms with van der Waals surface area (Å²) in [5.74, 6) is -2.32. The highest BCUT2D eigenvalue weighted by Gasteiger charge is 2.08. The molecule has 0 aromatic heterocycles. The van der Waals surface area contributed by atoms with Gasteiger partial charge in [0.1, 0.15) is 11.5 Å². The second-order valence-corrected chi connectivity index (χ2v) is 3.66. The fourth-order valence-electron chi connectivity index (χ4n) is 1.21. The number of benzene rings is 1. The van der Waals surface area contributed by atoms with Crippen LogP contribution in [0.4, 0.5) is 0 Å². The van der Waals surface area contributed by atoms with E-state index in [4.69, 9.17) is 4.74 Å². The number of phenols is 1. The molecule has 0 saturated heterocycles. The molecule has 0 radical (unpaired) electrons. The molecule has 21 heavy (non-hydrogen) atoms. The van der Waals surface area contributed by atoms with E-state index in [-0.39, 0.29) is 18.1 Å². The van der Waals surface area contributed by atoms with Crippen LogP contribution in [0, 0.1) is 0 Å². The van der Waals surface area contributed by atoms with Crippen LogP contribution in [0.2, 0.25) is 0 Å². The Morgan fingerprint density at radius 3 is 2.43 bits per heavy atom. The van der Waals surface area contributed by atoms with Gasteiger partial charge in [-0.15, -0.1) is 0 Å². The summed E-state index contributed by atoms with van der Waals surface area (Å²) in [6.45, 7) is 1.19. The summed E-state index contributed by atoms with van der Waals surface area (Å²) in [4.78, 5) is 33.5. The van der Waals surface area contributed by atoms with E-state index in [9.17, 15) is 19.5 Å². The zero-order valence-electron chi connectivity index (χ0n) is 11.3. The van der Waals surface area contributed by atoms with Crippen molar-refractivity contribution < 1.29 is 33.7 Å². The molecular formula is C14H14O7. The summed E-state index contributed by atoms with van der Waals surface area (Å²) >= 11 is 0. The molecule has 1 aromatic carbocycles. The van der Waals surface area contributed by atoms with Crippen LogP contribution in [0.1, 0.15) is 6.92 Å². The van der Waals surface area contributed by atoms with E-state index in [1.54, 1.807) is 6.92 Å². The second-order valence-electron chi connectivity index (χ2n) is 3.66. The Balaban J connectivity index is 2.36. The Morgan fingerprint density at radius 2 is 1.81 bits per heavy atom. The smallest absolute Gasteiger partial charge is 0.349 e. The normalized spacial score (nSPS) is 10.1. The lowest BCUT2D eigenvalue weighted by Gasteiger charge is -2.04. The van der Waals surface area contributed by atoms with Crippen LogP contribution in [-0.2, 0) is 23.9 Å². The highest BCUT2D eigenvalue weighted by molar-refractivity contribution is 5.92. The Bertz CT molecular complexity index is 548. The van der Waals surface area contributed by atoms with E-state index in [0.29, 0.717) is 0 Å². The van der Waals surface area contributed by atoms with E-state index < -0.39 is 24.5 Å². The van der Waals surface area contributed by atoms with Gasteiger partial charge < -0.3 is 19.3 Å². The predicted octanol–water partition coefficient (Wildman–Crippen LogP) is 0.960. The first-order chi connectivity index (χ1) is 10.0. The molecule has 1 rings (SSSR count). The van der Waals surface area contributed by atoms with Crippen molar-refractivity contribution in [2.24, 2.45) is 0 Å². The van der Waals surface area contributed by atoms with Crippen LogP contribution in [0.3, 0.4) is 0 Å². The van der Waals surface area contributed by atoms with Gasteiger partial charge in [-0.2, -0.15) is 0 Å². The maximum Gasteiger partial charge on any atom is 0.349 e. The van der Waals surface area contributed by atoms with Gasteiger partial charge in [-0.05, 0) is 19.1 Å². The van der Waals surface area contributed by atoms with Gasteiger partial charge in [0.15, 0.2) is 6.61 Å². The molecule has 0 atom stereocenters. The third-order valence-electron chi connectivity index (χ3n) is 2.02. The molecule has 112 valence electrons. The summed E-state index contributed by atoms with van der Waals surface area (Å²) < 4.78 is 13.9. The molecular weight excluding hydrogens is 280 g/mol. The molecule has 0 bridgehead atoms. The first-order valence-corrected chi connectivity index (χ1v) is 6.02. The molecule has 7 heteroatoms. The van der Waals surface area contributed by atoms with Gasteiger partial charge in [0.25, 0.3) is 0 Å². The molecule has 1 aromatic rings. The van der Waals surface area contributed by atoms with Gasteiger partial charge in [-0.3, -0.25) is 0 Å². The maximum atomic E-state index is 11.4. The highest BCUT2D eigenvalue weighted by Crippen LogP contribution is 2.17. The monoisotopic (exact) mass is 294 g/mol. The van der Waals surface area contributed by atoms with E-state index in [0.717, 1.165) is 12.2 Å². The molecule has 7 nitrogen and oxygen atoms in total. The van der Waals surface area contributed by atoms with Crippen molar-refractivity contribution in [1.29, 1.82) is 0 Å². The van der Waals surface area contributed by atoms with Crippen LogP contribution in [0.5, 0.6) is 11.5 Å². The predicted molar refractivity (Wildman–Crippen MR) is 70.5 cm³/mol. The molecule has 0 heterocycles. The summed E-state index contributed by atoms with van der Waals surface area (Å²) in [5, 5.41) is 9.18.